The zero-order valence-corrected chi connectivity index (χ0v) is 12.1. The second-order valence-corrected chi connectivity index (χ2v) is 4.92. The van der Waals surface area contributed by atoms with Crippen molar-refractivity contribution in [3.05, 3.63) is 38.9 Å². The van der Waals surface area contributed by atoms with E-state index in [-0.39, 0.29) is 22.2 Å². The monoisotopic (exact) mass is 334 g/mol. The molecule has 1 aromatic carbocycles. The predicted octanol–water partition coefficient (Wildman–Crippen LogP) is 3.11. The van der Waals surface area contributed by atoms with Gasteiger partial charge >= 0.3 is 0 Å². The lowest BCUT2D eigenvalue weighted by Crippen LogP contribution is -2.28. The van der Waals surface area contributed by atoms with Crippen molar-refractivity contribution in [1.82, 2.24) is 4.90 Å². The molecule has 1 rings (SSSR count). The Labute approximate surface area is 118 Å². The van der Waals surface area contributed by atoms with Gasteiger partial charge in [-0.2, -0.15) is 0 Å². The minimum atomic E-state index is -0.600. The zero-order chi connectivity index (χ0) is 13.7. The summed E-state index contributed by atoms with van der Waals surface area (Å²) in [4.78, 5) is 23.8. The molecule has 1 aromatic rings. The molecule has 0 spiro atoms. The van der Waals surface area contributed by atoms with Gasteiger partial charge in [-0.05, 0) is 18.6 Å². The lowest BCUT2D eigenvalue weighted by Gasteiger charge is -2.16. The molecule has 0 aliphatic carbocycles. The molecule has 0 fully saturated rings. The number of rotatable bonds is 5. The maximum Gasteiger partial charge on any atom is 0.283 e. The Bertz CT molecular complexity index is 468. The molecule has 0 atom stereocenters. The molecule has 0 N–H and O–H groups in total. The van der Waals surface area contributed by atoms with Crippen LogP contribution in [0, 0.1) is 10.1 Å². The summed E-state index contributed by atoms with van der Waals surface area (Å²) >= 11 is 8.96. The zero-order valence-electron chi connectivity index (χ0n) is 9.73. The summed E-state index contributed by atoms with van der Waals surface area (Å²) < 4.78 is 0. The Kier molecular flexibility index (Phi) is 5.55. The fourth-order valence-corrected chi connectivity index (χ4v) is 1.86. The first-order valence-electron chi connectivity index (χ1n) is 5.22. The Morgan fingerprint density at radius 3 is 2.78 bits per heavy atom. The van der Waals surface area contributed by atoms with Crippen LogP contribution in [0.3, 0.4) is 0 Å². The van der Waals surface area contributed by atoms with Gasteiger partial charge in [0.05, 0.1) is 4.92 Å². The van der Waals surface area contributed by atoms with Gasteiger partial charge in [-0.3, -0.25) is 14.9 Å². The first-order chi connectivity index (χ1) is 8.47. The number of nitrogens with zero attached hydrogens (tertiary/aromatic N) is 2. The van der Waals surface area contributed by atoms with Crippen LogP contribution < -0.4 is 0 Å². The number of alkyl halides is 1. The van der Waals surface area contributed by atoms with E-state index in [9.17, 15) is 14.9 Å². The van der Waals surface area contributed by atoms with Crippen LogP contribution in [0.15, 0.2) is 18.2 Å². The van der Waals surface area contributed by atoms with Crippen molar-refractivity contribution in [1.29, 1.82) is 0 Å². The summed E-state index contributed by atoms with van der Waals surface area (Å²) in [5.41, 5.74) is -0.209. The fourth-order valence-electron chi connectivity index (χ4n) is 1.44. The third-order valence-corrected chi connectivity index (χ3v) is 3.16. The highest BCUT2D eigenvalue weighted by atomic mass is 79.9. The quantitative estimate of drug-likeness (QED) is 0.472. The minimum Gasteiger partial charge on any atom is -0.341 e. The van der Waals surface area contributed by atoms with Crippen LogP contribution in [0.4, 0.5) is 5.69 Å². The van der Waals surface area contributed by atoms with Crippen molar-refractivity contribution in [2.75, 3.05) is 18.9 Å². The van der Waals surface area contributed by atoms with Crippen molar-refractivity contribution < 1.29 is 9.72 Å². The molecule has 98 valence electrons. The minimum absolute atomic E-state index is 0.0569. The molecule has 7 heteroatoms. The lowest BCUT2D eigenvalue weighted by atomic mass is 10.1. The molecule has 18 heavy (non-hydrogen) atoms. The average Bonchev–Trinajstić information content (AvgIpc) is 2.34. The van der Waals surface area contributed by atoms with E-state index in [1.165, 1.54) is 23.1 Å². The molecular formula is C11H12BrClN2O3. The molecule has 0 aromatic heterocycles. The molecule has 0 aliphatic heterocycles. The third-order valence-electron chi connectivity index (χ3n) is 2.36. The molecule has 0 aliphatic rings. The highest BCUT2D eigenvalue weighted by Crippen LogP contribution is 2.24. The fraction of sp³-hybridized carbons (Fsp3) is 0.364. The molecule has 0 heterocycles. The van der Waals surface area contributed by atoms with Gasteiger partial charge in [0.1, 0.15) is 5.56 Å². The maximum atomic E-state index is 12.1. The highest BCUT2D eigenvalue weighted by Gasteiger charge is 2.22. The molecule has 0 saturated carbocycles. The van der Waals surface area contributed by atoms with Gasteiger partial charge in [0, 0.05) is 30.0 Å². The van der Waals surface area contributed by atoms with Crippen LogP contribution in [0.5, 0.6) is 0 Å². The van der Waals surface area contributed by atoms with E-state index in [1.807, 2.05) is 0 Å². The van der Waals surface area contributed by atoms with Crippen molar-refractivity contribution in [3.8, 4) is 0 Å². The number of carbonyl (C=O) groups excluding carboxylic acids is 1. The Morgan fingerprint density at radius 1 is 1.56 bits per heavy atom. The summed E-state index contributed by atoms with van der Waals surface area (Å²) in [6.45, 7) is 0.532. The van der Waals surface area contributed by atoms with Crippen LogP contribution in [0.1, 0.15) is 16.8 Å². The van der Waals surface area contributed by atoms with E-state index in [4.69, 9.17) is 11.6 Å². The van der Waals surface area contributed by atoms with Crippen LogP contribution >= 0.6 is 27.5 Å². The standard InChI is InChI=1S/C11H12BrClN2O3/c1-14(6-2-5-12)11(16)9-4-3-8(13)7-10(9)15(17)18/h3-4,7H,2,5-6H2,1H3. The van der Waals surface area contributed by atoms with Gasteiger partial charge in [0.15, 0.2) is 0 Å². The largest absolute Gasteiger partial charge is 0.341 e. The first kappa shape index (κ1) is 14.9. The molecule has 0 unspecified atom stereocenters. The van der Waals surface area contributed by atoms with Gasteiger partial charge in [-0.25, -0.2) is 0 Å². The van der Waals surface area contributed by atoms with Crippen molar-refractivity contribution >= 4 is 39.1 Å². The number of benzene rings is 1. The van der Waals surface area contributed by atoms with Crippen molar-refractivity contribution in [2.24, 2.45) is 0 Å². The number of nitro benzene ring substituents is 1. The van der Waals surface area contributed by atoms with Crippen LogP contribution in [0.2, 0.25) is 5.02 Å². The molecular weight excluding hydrogens is 323 g/mol. The molecule has 5 nitrogen and oxygen atoms in total. The maximum absolute atomic E-state index is 12.1. The van der Waals surface area contributed by atoms with E-state index < -0.39 is 4.92 Å². The predicted molar refractivity (Wildman–Crippen MR) is 73.5 cm³/mol. The van der Waals surface area contributed by atoms with E-state index in [1.54, 1.807) is 7.05 Å². The van der Waals surface area contributed by atoms with Gasteiger partial charge in [-0.1, -0.05) is 27.5 Å². The second kappa shape index (κ2) is 6.70. The average molecular weight is 336 g/mol. The Morgan fingerprint density at radius 2 is 2.22 bits per heavy atom. The summed E-state index contributed by atoms with van der Waals surface area (Å²) in [5.74, 6) is -0.376. The third kappa shape index (κ3) is 3.68. The topological polar surface area (TPSA) is 63.5 Å². The van der Waals surface area contributed by atoms with Crippen LogP contribution in [-0.4, -0.2) is 34.7 Å². The van der Waals surface area contributed by atoms with E-state index in [0.717, 1.165) is 11.8 Å². The number of halogens is 2. The summed E-state index contributed by atoms with van der Waals surface area (Å²) in [6, 6.07) is 4.04. The van der Waals surface area contributed by atoms with Gasteiger partial charge in [0.25, 0.3) is 11.6 Å². The number of amides is 1. The summed E-state index contributed by atoms with van der Waals surface area (Å²) in [6.07, 6.45) is 0.781. The number of hydrogen-bond donors (Lipinski definition) is 0. The normalized spacial score (nSPS) is 10.2. The van der Waals surface area contributed by atoms with Gasteiger partial charge in [0.2, 0.25) is 0 Å². The van der Waals surface area contributed by atoms with E-state index >= 15 is 0 Å². The smallest absolute Gasteiger partial charge is 0.283 e. The lowest BCUT2D eigenvalue weighted by molar-refractivity contribution is -0.385. The van der Waals surface area contributed by atoms with Gasteiger partial charge < -0.3 is 4.90 Å². The molecule has 0 radical (unpaired) electrons. The highest BCUT2D eigenvalue weighted by molar-refractivity contribution is 9.09. The SMILES string of the molecule is CN(CCCBr)C(=O)c1ccc(Cl)cc1[N+](=O)[O-]. The Balaban J connectivity index is 3.01. The molecule has 0 bridgehead atoms. The first-order valence-corrected chi connectivity index (χ1v) is 6.72. The van der Waals surface area contributed by atoms with Crippen LogP contribution in [-0.2, 0) is 0 Å². The van der Waals surface area contributed by atoms with Crippen molar-refractivity contribution in [2.45, 2.75) is 6.42 Å². The number of nitro groups is 1. The summed E-state index contributed by atoms with van der Waals surface area (Å²) in [5, 5.41) is 11.9. The number of carbonyl (C=O) groups is 1. The van der Waals surface area contributed by atoms with E-state index in [2.05, 4.69) is 15.9 Å². The molecule has 0 saturated heterocycles. The molecule has 1 amide bonds. The summed E-state index contributed by atoms with van der Waals surface area (Å²) in [7, 11) is 1.61. The van der Waals surface area contributed by atoms with Crippen LogP contribution in [0.25, 0.3) is 0 Å². The Hall–Kier alpha value is -1.14. The number of hydrogen-bond acceptors (Lipinski definition) is 3. The second-order valence-electron chi connectivity index (χ2n) is 3.69. The van der Waals surface area contributed by atoms with Crippen molar-refractivity contribution in [3.63, 3.8) is 0 Å². The van der Waals surface area contributed by atoms with Gasteiger partial charge in [-0.15, -0.1) is 0 Å². The van der Waals surface area contributed by atoms with E-state index in [0.29, 0.717) is 6.54 Å².